The molecule has 6 heteroatoms. The second-order valence-corrected chi connectivity index (χ2v) is 4.09. The highest BCUT2D eigenvalue weighted by molar-refractivity contribution is 5.08. The van der Waals surface area contributed by atoms with Gasteiger partial charge in [-0.25, -0.2) is 0 Å². The molecule has 0 radical (unpaired) electrons. The largest absolute Gasteiger partial charge is 0.465 e. The van der Waals surface area contributed by atoms with Crippen molar-refractivity contribution in [2.45, 2.75) is 33.0 Å². The molecule has 18 heavy (non-hydrogen) atoms. The second-order valence-electron chi connectivity index (χ2n) is 4.09. The van der Waals surface area contributed by atoms with E-state index in [4.69, 9.17) is 13.7 Å². The molecule has 0 aromatic carbocycles. The van der Waals surface area contributed by atoms with E-state index in [0.29, 0.717) is 24.9 Å². The van der Waals surface area contributed by atoms with E-state index in [-0.39, 0.29) is 6.04 Å². The van der Waals surface area contributed by atoms with E-state index in [2.05, 4.69) is 15.5 Å². The lowest BCUT2D eigenvalue weighted by molar-refractivity contribution is 0.174. The second kappa shape index (κ2) is 5.79. The van der Waals surface area contributed by atoms with Crippen molar-refractivity contribution in [2.75, 3.05) is 7.11 Å². The normalized spacial score (nSPS) is 12.8. The fourth-order valence-corrected chi connectivity index (χ4v) is 1.58. The van der Waals surface area contributed by atoms with Crippen molar-refractivity contribution < 1.29 is 13.7 Å². The summed E-state index contributed by atoms with van der Waals surface area (Å²) in [5, 5.41) is 7.04. The van der Waals surface area contributed by atoms with E-state index in [1.165, 1.54) is 0 Å². The summed E-state index contributed by atoms with van der Waals surface area (Å²) < 4.78 is 15.5. The van der Waals surface area contributed by atoms with Crippen LogP contribution in [0.25, 0.3) is 0 Å². The molecule has 0 fully saturated rings. The molecule has 2 heterocycles. The smallest absolute Gasteiger partial charge is 0.240 e. The van der Waals surface area contributed by atoms with E-state index in [0.717, 1.165) is 11.5 Å². The lowest BCUT2D eigenvalue weighted by atomic mass is 10.2. The Balaban J connectivity index is 1.86. The molecule has 0 aliphatic rings. The first-order chi connectivity index (χ1) is 8.69. The van der Waals surface area contributed by atoms with Crippen LogP contribution in [-0.2, 0) is 17.9 Å². The molecule has 0 amide bonds. The van der Waals surface area contributed by atoms with Gasteiger partial charge in [-0.15, -0.1) is 0 Å². The van der Waals surface area contributed by atoms with E-state index >= 15 is 0 Å². The van der Waals surface area contributed by atoms with Crippen molar-refractivity contribution in [3.63, 3.8) is 0 Å². The number of furan rings is 1. The van der Waals surface area contributed by atoms with Crippen LogP contribution in [0, 0.1) is 6.92 Å². The van der Waals surface area contributed by atoms with E-state index < -0.39 is 0 Å². The molecule has 0 aliphatic carbocycles. The predicted molar refractivity (Wildman–Crippen MR) is 63.7 cm³/mol. The molecule has 98 valence electrons. The Bertz CT molecular complexity index is 492. The summed E-state index contributed by atoms with van der Waals surface area (Å²) in [6.07, 6.45) is 0. The van der Waals surface area contributed by atoms with Gasteiger partial charge < -0.3 is 13.7 Å². The molecular weight excluding hydrogens is 234 g/mol. The third kappa shape index (κ3) is 3.18. The Morgan fingerprint density at radius 1 is 1.44 bits per heavy atom. The van der Waals surface area contributed by atoms with Gasteiger partial charge in [-0.05, 0) is 26.0 Å². The van der Waals surface area contributed by atoms with Gasteiger partial charge in [0.15, 0.2) is 5.82 Å². The van der Waals surface area contributed by atoms with E-state index in [9.17, 15) is 0 Å². The SMILES string of the molecule is COCc1noc(CN[C@@H](C)c2ccc(C)o2)n1. The summed E-state index contributed by atoms with van der Waals surface area (Å²) in [6.45, 7) is 4.80. The van der Waals surface area contributed by atoms with Gasteiger partial charge in [-0.1, -0.05) is 5.16 Å². The number of methoxy groups -OCH3 is 1. The first-order valence-corrected chi connectivity index (χ1v) is 5.79. The number of hydrogen-bond acceptors (Lipinski definition) is 6. The van der Waals surface area contributed by atoms with E-state index in [1.54, 1.807) is 7.11 Å². The van der Waals surface area contributed by atoms with Gasteiger partial charge in [0.1, 0.15) is 18.1 Å². The maximum Gasteiger partial charge on any atom is 0.240 e. The van der Waals surface area contributed by atoms with Crippen LogP contribution in [0.15, 0.2) is 21.1 Å². The average Bonchev–Trinajstić information content (AvgIpc) is 2.96. The highest BCUT2D eigenvalue weighted by atomic mass is 16.5. The van der Waals surface area contributed by atoms with Crippen LogP contribution in [0.3, 0.4) is 0 Å². The minimum Gasteiger partial charge on any atom is -0.465 e. The summed E-state index contributed by atoms with van der Waals surface area (Å²) >= 11 is 0. The topological polar surface area (TPSA) is 73.3 Å². The van der Waals surface area contributed by atoms with Crippen LogP contribution in [-0.4, -0.2) is 17.3 Å². The van der Waals surface area contributed by atoms with Crippen molar-refractivity contribution >= 4 is 0 Å². The van der Waals surface area contributed by atoms with Crippen molar-refractivity contribution in [1.29, 1.82) is 0 Å². The summed E-state index contributed by atoms with van der Waals surface area (Å²) in [6, 6.07) is 3.99. The third-order valence-electron chi connectivity index (χ3n) is 2.53. The minimum atomic E-state index is 0.0940. The molecule has 0 aliphatic heterocycles. The number of aryl methyl sites for hydroxylation is 1. The molecule has 6 nitrogen and oxygen atoms in total. The molecule has 0 spiro atoms. The Morgan fingerprint density at radius 3 is 2.94 bits per heavy atom. The first kappa shape index (κ1) is 12.8. The molecule has 2 aromatic rings. The lowest BCUT2D eigenvalue weighted by Crippen LogP contribution is -2.17. The number of ether oxygens (including phenoxy) is 1. The van der Waals surface area contributed by atoms with Crippen LogP contribution in [0.2, 0.25) is 0 Å². The maximum absolute atomic E-state index is 5.53. The van der Waals surface area contributed by atoms with Crippen LogP contribution < -0.4 is 5.32 Å². The van der Waals surface area contributed by atoms with Gasteiger partial charge in [0.05, 0.1) is 12.6 Å². The maximum atomic E-state index is 5.53. The standard InChI is InChI=1S/C12H17N3O3/c1-8-4-5-10(17-8)9(2)13-6-12-14-11(7-16-3)15-18-12/h4-5,9,13H,6-7H2,1-3H3/t9-/m0/s1. The molecule has 0 bridgehead atoms. The average molecular weight is 251 g/mol. The number of hydrogen-bond donors (Lipinski definition) is 1. The summed E-state index contributed by atoms with van der Waals surface area (Å²) in [4.78, 5) is 4.17. The fraction of sp³-hybridized carbons (Fsp3) is 0.500. The summed E-state index contributed by atoms with van der Waals surface area (Å²) in [5.41, 5.74) is 0. The number of nitrogens with zero attached hydrogens (tertiary/aromatic N) is 2. The van der Waals surface area contributed by atoms with Gasteiger partial charge >= 0.3 is 0 Å². The van der Waals surface area contributed by atoms with Crippen LogP contribution >= 0.6 is 0 Å². The molecular formula is C12H17N3O3. The molecule has 0 unspecified atom stereocenters. The Morgan fingerprint density at radius 2 is 2.28 bits per heavy atom. The third-order valence-corrected chi connectivity index (χ3v) is 2.53. The number of nitrogens with one attached hydrogen (secondary N) is 1. The number of rotatable bonds is 6. The zero-order valence-electron chi connectivity index (χ0n) is 10.8. The highest BCUT2D eigenvalue weighted by Crippen LogP contribution is 2.15. The van der Waals surface area contributed by atoms with Crippen LogP contribution in [0.5, 0.6) is 0 Å². The van der Waals surface area contributed by atoms with Gasteiger partial charge in [-0.3, -0.25) is 5.32 Å². The lowest BCUT2D eigenvalue weighted by Gasteiger charge is -2.08. The molecule has 0 saturated heterocycles. The fourth-order valence-electron chi connectivity index (χ4n) is 1.58. The van der Waals surface area contributed by atoms with Crippen LogP contribution in [0.1, 0.15) is 36.2 Å². The first-order valence-electron chi connectivity index (χ1n) is 5.79. The molecule has 0 saturated carbocycles. The van der Waals surface area contributed by atoms with Crippen molar-refractivity contribution in [3.8, 4) is 0 Å². The van der Waals surface area contributed by atoms with Crippen molar-refractivity contribution in [3.05, 3.63) is 35.4 Å². The summed E-state index contributed by atoms with van der Waals surface area (Å²) in [7, 11) is 1.59. The zero-order chi connectivity index (χ0) is 13.0. The summed E-state index contributed by atoms with van der Waals surface area (Å²) in [5.74, 6) is 2.89. The predicted octanol–water partition coefficient (Wildman–Crippen LogP) is 1.97. The van der Waals surface area contributed by atoms with Gasteiger partial charge in [-0.2, -0.15) is 4.98 Å². The molecule has 1 N–H and O–H groups in total. The van der Waals surface area contributed by atoms with Crippen LogP contribution in [0.4, 0.5) is 0 Å². The zero-order valence-corrected chi connectivity index (χ0v) is 10.8. The van der Waals surface area contributed by atoms with Crippen molar-refractivity contribution in [1.82, 2.24) is 15.5 Å². The Labute approximate surface area is 105 Å². The molecule has 1 atom stereocenters. The number of aromatic nitrogens is 2. The van der Waals surface area contributed by atoms with E-state index in [1.807, 2.05) is 26.0 Å². The van der Waals surface area contributed by atoms with Gasteiger partial charge in [0, 0.05) is 7.11 Å². The van der Waals surface area contributed by atoms with Gasteiger partial charge in [0.2, 0.25) is 5.89 Å². The quantitative estimate of drug-likeness (QED) is 0.846. The van der Waals surface area contributed by atoms with Gasteiger partial charge in [0.25, 0.3) is 0 Å². The highest BCUT2D eigenvalue weighted by Gasteiger charge is 2.11. The Kier molecular flexibility index (Phi) is 4.11. The monoisotopic (exact) mass is 251 g/mol. The molecule has 2 aromatic heterocycles. The van der Waals surface area contributed by atoms with Crippen molar-refractivity contribution in [2.24, 2.45) is 0 Å². The molecule has 2 rings (SSSR count). The Hall–Kier alpha value is -1.66. The minimum absolute atomic E-state index is 0.0940.